The quantitative estimate of drug-likeness (QED) is 0.535. The molecule has 8 nitrogen and oxygen atoms in total. The predicted molar refractivity (Wildman–Crippen MR) is 132 cm³/mol. The zero-order chi connectivity index (χ0) is 23.7. The summed E-state index contributed by atoms with van der Waals surface area (Å²) in [6.07, 6.45) is 1.72. The van der Waals surface area contributed by atoms with Crippen molar-refractivity contribution in [1.82, 2.24) is 19.0 Å². The molecule has 4 rings (SSSR count). The Kier molecular flexibility index (Phi) is 6.60. The van der Waals surface area contributed by atoms with Crippen LogP contribution >= 0.6 is 11.8 Å². The molecule has 9 heteroatoms. The Labute approximate surface area is 196 Å². The Hall–Kier alpha value is -3.07. The summed E-state index contributed by atoms with van der Waals surface area (Å²) in [6, 6.07) is 10.2. The average molecular weight is 468 g/mol. The second-order valence-corrected chi connectivity index (χ2v) is 9.58. The van der Waals surface area contributed by atoms with Crippen molar-refractivity contribution in [3.63, 3.8) is 0 Å². The summed E-state index contributed by atoms with van der Waals surface area (Å²) >= 11 is 1.37. The van der Waals surface area contributed by atoms with Crippen LogP contribution in [0.25, 0.3) is 11.0 Å². The second kappa shape index (κ2) is 9.43. The molecule has 0 aliphatic carbocycles. The first-order valence-electron chi connectivity index (χ1n) is 11.1. The third-order valence-corrected chi connectivity index (χ3v) is 7.28. The smallest absolute Gasteiger partial charge is 0.332 e. The lowest BCUT2D eigenvalue weighted by Gasteiger charge is -2.36. The van der Waals surface area contributed by atoms with E-state index in [0.29, 0.717) is 24.1 Å². The number of aryl methyl sites for hydroxylation is 1. The van der Waals surface area contributed by atoms with Crippen molar-refractivity contribution >= 4 is 34.4 Å². The van der Waals surface area contributed by atoms with Crippen LogP contribution in [0.1, 0.15) is 25.3 Å². The molecule has 1 aliphatic heterocycles. The van der Waals surface area contributed by atoms with Gasteiger partial charge in [0.15, 0.2) is 0 Å². The van der Waals surface area contributed by atoms with E-state index in [4.69, 9.17) is 0 Å². The first-order chi connectivity index (χ1) is 15.8. The number of pyridine rings is 1. The first-order valence-corrected chi connectivity index (χ1v) is 12.1. The molecule has 0 saturated carbocycles. The third kappa shape index (κ3) is 4.42. The van der Waals surface area contributed by atoms with Gasteiger partial charge in [0, 0.05) is 57.1 Å². The van der Waals surface area contributed by atoms with Gasteiger partial charge in [0.25, 0.3) is 5.56 Å². The van der Waals surface area contributed by atoms with E-state index in [1.165, 1.54) is 29.1 Å². The molecule has 1 saturated heterocycles. The molecule has 3 aromatic rings. The molecular formula is C24H29N5O3S. The summed E-state index contributed by atoms with van der Waals surface area (Å²) in [6.45, 7) is 6.97. The number of benzene rings is 1. The number of carbonyl (C=O) groups is 1. The van der Waals surface area contributed by atoms with E-state index in [0.717, 1.165) is 28.1 Å². The third-order valence-electron chi connectivity index (χ3n) is 6.16. The summed E-state index contributed by atoms with van der Waals surface area (Å²) < 4.78 is 2.48. The topological polar surface area (TPSA) is 80.4 Å². The number of nitrogens with zero attached hydrogens (tertiary/aromatic N) is 5. The molecule has 1 amide bonds. The van der Waals surface area contributed by atoms with E-state index in [1.807, 2.05) is 36.9 Å². The Morgan fingerprint density at radius 2 is 1.70 bits per heavy atom. The maximum Gasteiger partial charge on any atom is 0.332 e. The summed E-state index contributed by atoms with van der Waals surface area (Å²) in [7, 11) is 3.08. The number of amides is 1. The van der Waals surface area contributed by atoms with Crippen LogP contribution < -0.4 is 16.1 Å². The van der Waals surface area contributed by atoms with Crippen molar-refractivity contribution < 1.29 is 4.79 Å². The van der Waals surface area contributed by atoms with E-state index in [2.05, 4.69) is 22.0 Å². The number of rotatable bonds is 5. The number of aromatic nitrogens is 3. The van der Waals surface area contributed by atoms with Crippen molar-refractivity contribution in [1.29, 1.82) is 0 Å². The maximum absolute atomic E-state index is 13.0. The molecular weight excluding hydrogens is 438 g/mol. The van der Waals surface area contributed by atoms with Gasteiger partial charge >= 0.3 is 5.69 Å². The minimum Gasteiger partial charge on any atom is -0.368 e. The van der Waals surface area contributed by atoms with Crippen molar-refractivity contribution in [2.24, 2.45) is 14.1 Å². The van der Waals surface area contributed by atoms with Gasteiger partial charge in [0.1, 0.15) is 5.65 Å². The molecule has 1 aromatic carbocycles. The van der Waals surface area contributed by atoms with Crippen LogP contribution in [-0.4, -0.2) is 56.9 Å². The number of hydrogen-bond donors (Lipinski definition) is 0. The number of fused-ring (bicyclic) bond motifs is 1. The summed E-state index contributed by atoms with van der Waals surface area (Å²) in [4.78, 5) is 47.7. The maximum atomic E-state index is 13.0. The van der Waals surface area contributed by atoms with E-state index in [9.17, 15) is 14.4 Å². The van der Waals surface area contributed by atoms with Gasteiger partial charge in [-0.05, 0) is 23.6 Å². The van der Waals surface area contributed by atoms with Crippen LogP contribution in [0.2, 0.25) is 0 Å². The fourth-order valence-electron chi connectivity index (χ4n) is 4.16. The van der Waals surface area contributed by atoms with Gasteiger partial charge in [-0.3, -0.25) is 18.7 Å². The molecule has 0 unspecified atom stereocenters. The van der Waals surface area contributed by atoms with Crippen molar-refractivity contribution in [3.8, 4) is 0 Å². The van der Waals surface area contributed by atoms with Gasteiger partial charge in [-0.25, -0.2) is 9.78 Å². The molecule has 174 valence electrons. The average Bonchev–Trinajstić information content (AvgIpc) is 2.84. The molecule has 0 N–H and O–H groups in total. The summed E-state index contributed by atoms with van der Waals surface area (Å²) in [5.41, 5.74) is 1.63. The van der Waals surface area contributed by atoms with E-state index in [-0.39, 0.29) is 23.1 Å². The molecule has 1 aliphatic rings. The molecule has 0 radical (unpaired) electrons. The number of piperazine rings is 1. The zero-order valence-electron chi connectivity index (χ0n) is 19.4. The monoisotopic (exact) mass is 467 g/mol. The number of hydrogen-bond acceptors (Lipinski definition) is 6. The largest absolute Gasteiger partial charge is 0.368 e. The van der Waals surface area contributed by atoms with Gasteiger partial charge < -0.3 is 9.80 Å². The van der Waals surface area contributed by atoms with Crippen LogP contribution in [0.4, 0.5) is 5.69 Å². The fourth-order valence-corrected chi connectivity index (χ4v) is 5.39. The van der Waals surface area contributed by atoms with Gasteiger partial charge in [0.2, 0.25) is 5.91 Å². The van der Waals surface area contributed by atoms with Crippen LogP contribution in [0.3, 0.4) is 0 Å². The lowest BCUT2D eigenvalue weighted by atomic mass is 10.0. The fraction of sp³-hybridized carbons (Fsp3) is 0.417. The highest BCUT2D eigenvalue weighted by Gasteiger charge is 2.24. The molecule has 1 fully saturated rings. The standard InChI is InChI=1S/C24H29N5O3S/c1-16(2)18-14-25-22-20(23(31)27(4)24(32)26(22)3)21(18)33-15-19(30)29-12-10-28(11-13-29)17-8-6-5-7-9-17/h5-9,14,16H,10-13,15H2,1-4H3. The summed E-state index contributed by atoms with van der Waals surface area (Å²) in [5.74, 6) is 0.403. The number of anilines is 1. The minimum absolute atomic E-state index is 0.0500. The lowest BCUT2D eigenvalue weighted by molar-refractivity contribution is -0.128. The lowest BCUT2D eigenvalue weighted by Crippen LogP contribution is -2.49. The Bertz CT molecular complexity index is 1290. The van der Waals surface area contributed by atoms with Crippen molar-refractivity contribution in [2.45, 2.75) is 24.7 Å². The van der Waals surface area contributed by atoms with E-state index < -0.39 is 5.69 Å². The normalized spacial score (nSPS) is 14.3. The molecule has 2 aromatic heterocycles. The summed E-state index contributed by atoms with van der Waals surface area (Å²) in [5, 5.41) is 0.400. The zero-order valence-corrected chi connectivity index (χ0v) is 20.3. The SMILES string of the molecule is CC(C)c1cnc2c(c1SCC(=O)N1CCN(c3ccccc3)CC1)c(=O)n(C)c(=O)n2C. The molecule has 3 heterocycles. The van der Waals surface area contributed by atoms with Gasteiger partial charge in [-0.15, -0.1) is 11.8 Å². The van der Waals surface area contributed by atoms with Gasteiger partial charge in [-0.1, -0.05) is 32.0 Å². The Balaban J connectivity index is 1.55. The van der Waals surface area contributed by atoms with E-state index in [1.54, 1.807) is 13.2 Å². The van der Waals surface area contributed by atoms with Crippen molar-refractivity contribution in [2.75, 3.05) is 36.8 Å². The highest BCUT2D eigenvalue weighted by Crippen LogP contribution is 2.32. The predicted octanol–water partition coefficient (Wildman–Crippen LogP) is 2.20. The number of para-hydroxylation sites is 1. The molecule has 0 bridgehead atoms. The number of thioether (sulfide) groups is 1. The molecule has 0 spiro atoms. The van der Waals surface area contributed by atoms with Crippen LogP contribution in [0.15, 0.2) is 51.0 Å². The van der Waals surface area contributed by atoms with Gasteiger partial charge in [0.05, 0.1) is 11.1 Å². The van der Waals surface area contributed by atoms with Crippen LogP contribution in [0.5, 0.6) is 0 Å². The van der Waals surface area contributed by atoms with Crippen LogP contribution in [0, 0.1) is 0 Å². The highest BCUT2D eigenvalue weighted by molar-refractivity contribution is 8.00. The Morgan fingerprint density at radius 3 is 2.33 bits per heavy atom. The highest BCUT2D eigenvalue weighted by atomic mass is 32.2. The van der Waals surface area contributed by atoms with E-state index >= 15 is 0 Å². The number of carbonyl (C=O) groups excluding carboxylic acids is 1. The molecule has 0 atom stereocenters. The second-order valence-electron chi connectivity index (χ2n) is 8.59. The van der Waals surface area contributed by atoms with Crippen LogP contribution in [-0.2, 0) is 18.9 Å². The van der Waals surface area contributed by atoms with Crippen molar-refractivity contribution in [3.05, 3.63) is 62.9 Å². The molecule has 33 heavy (non-hydrogen) atoms. The first kappa shape index (κ1) is 23.1. The minimum atomic E-state index is -0.416. The Morgan fingerprint density at radius 1 is 1.03 bits per heavy atom. The van der Waals surface area contributed by atoms with Gasteiger partial charge in [-0.2, -0.15) is 0 Å².